The third-order valence-corrected chi connectivity index (χ3v) is 3.50. The first-order valence-electron chi connectivity index (χ1n) is 3.87. The number of aliphatic hydroxyl groups excluding tert-OH is 1. The second-order valence-corrected chi connectivity index (χ2v) is 4.55. The molecule has 0 aliphatic heterocycles. The SMILES string of the molecule is Cn1c(CO)cnc1Sc1ncns1. The molecule has 2 heterocycles. The lowest BCUT2D eigenvalue weighted by Crippen LogP contribution is -1.96. The Hall–Kier alpha value is -0.920. The van der Waals surface area contributed by atoms with Gasteiger partial charge >= 0.3 is 0 Å². The number of aromatic nitrogens is 4. The molecule has 1 N–H and O–H groups in total. The van der Waals surface area contributed by atoms with Gasteiger partial charge in [0.1, 0.15) is 6.33 Å². The zero-order chi connectivity index (χ0) is 9.97. The first-order valence-corrected chi connectivity index (χ1v) is 5.46. The van der Waals surface area contributed by atoms with Crippen LogP contribution >= 0.6 is 23.3 Å². The van der Waals surface area contributed by atoms with Crippen molar-refractivity contribution in [2.45, 2.75) is 16.1 Å². The molecular weight excluding hydrogens is 220 g/mol. The van der Waals surface area contributed by atoms with Gasteiger partial charge in [-0.25, -0.2) is 9.97 Å². The Morgan fingerprint density at radius 3 is 3.00 bits per heavy atom. The van der Waals surface area contributed by atoms with E-state index in [9.17, 15) is 0 Å². The van der Waals surface area contributed by atoms with Crippen molar-refractivity contribution in [3.8, 4) is 0 Å². The van der Waals surface area contributed by atoms with Gasteiger partial charge in [0, 0.05) is 7.05 Å². The van der Waals surface area contributed by atoms with Crippen molar-refractivity contribution in [2.75, 3.05) is 0 Å². The quantitative estimate of drug-likeness (QED) is 0.846. The van der Waals surface area contributed by atoms with Crippen LogP contribution in [-0.2, 0) is 13.7 Å². The van der Waals surface area contributed by atoms with Crippen LogP contribution in [0.3, 0.4) is 0 Å². The second-order valence-electron chi connectivity index (χ2n) is 2.56. The Bertz CT molecular complexity index is 411. The fourth-order valence-electron chi connectivity index (χ4n) is 0.954. The molecule has 74 valence electrons. The molecule has 14 heavy (non-hydrogen) atoms. The van der Waals surface area contributed by atoms with E-state index in [0.29, 0.717) is 0 Å². The molecule has 0 aliphatic rings. The van der Waals surface area contributed by atoms with E-state index in [0.717, 1.165) is 15.2 Å². The molecule has 0 aromatic carbocycles. The van der Waals surface area contributed by atoms with Gasteiger partial charge in [-0.2, -0.15) is 4.37 Å². The number of aliphatic hydroxyl groups is 1. The molecule has 0 saturated carbocycles. The molecule has 0 fully saturated rings. The van der Waals surface area contributed by atoms with Gasteiger partial charge in [0.2, 0.25) is 0 Å². The van der Waals surface area contributed by atoms with Crippen LogP contribution in [0, 0.1) is 0 Å². The standard InChI is InChI=1S/C7H8N4OS2/c1-11-5(3-12)2-8-6(11)13-7-9-4-10-14-7/h2,4,12H,3H2,1H3. The van der Waals surface area contributed by atoms with Crippen molar-refractivity contribution in [3.05, 3.63) is 18.2 Å². The Labute approximate surface area is 89.0 Å². The smallest absolute Gasteiger partial charge is 0.177 e. The zero-order valence-electron chi connectivity index (χ0n) is 7.41. The summed E-state index contributed by atoms with van der Waals surface area (Å²) in [5.41, 5.74) is 0.789. The number of imidazole rings is 1. The van der Waals surface area contributed by atoms with Gasteiger partial charge in [-0.1, -0.05) is 0 Å². The van der Waals surface area contributed by atoms with Gasteiger partial charge in [-0.3, -0.25) is 0 Å². The highest BCUT2D eigenvalue weighted by atomic mass is 32.2. The van der Waals surface area contributed by atoms with Crippen LogP contribution in [0.1, 0.15) is 5.69 Å². The predicted octanol–water partition coefficient (Wildman–Crippen LogP) is 0.915. The summed E-state index contributed by atoms with van der Waals surface area (Å²) in [6.45, 7) is 0.000178. The fourth-order valence-corrected chi connectivity index (χ4v) is 2.35. The highest BCUT2D eigenvalue weighted by Gasteiger charge is 2.08. The number of nitrogens with zero attached hydrogens (tertiary/aromatic N) is 4. The maximum Gasteiger partial charge on any atom is 0.177 e. The van der Waals surface area contributed by atoms with Gasteiger partial charge < -0.3 is 9.67 Å². The van der Waals surface area contributed by atoms with Crippen molar-refractivity contribution < 1.29 is 5.11 Å². The summed E-state index contributed by atoms with van der Waals surface area (Å²) in [6.07, 6.45) is 3.17. The summed E-state index contributed by atoms with van der Waals surface area (Å²) in [6, 6.07) is 0. The normalized spacial score (nSPS) is 10.7. The largest absolute Gasteiger partial charge is 0.390 e. The zero-order valence-corrected chi connectivity index (χ0v) is 9.05. The van der Waals surface area contributed by atoms with E-state index >= 15 is 0 Å². The van der Waals surface area contributed by atoms with E-state index in [-0.39, 0.29) is 6.61 Å². The van der Waals surface area contributed by atoms with Crippen molar-refractivity contribution in [1.29, 1.82) is 0 Å². The molecule has 0 bridgehead atoms. The molecule has 0 aliphatic carbocycles. The average molecular weight is 228 g/mol. The van der Waals surface area contributed by atoms with Gasteiger partial charge in [-0.05, 0) is 23.3 Å². The van der Waals surface area contributed by atoms with Crippen LogP contribution in [0.2, 0.25) is 0 Å². The third kappa shape index (κ3) is 1.79. The van der Waals surface area contributed by atoms with E-state index in [1.54, 1.807) is 6.20 Å². The van der Waals surface area contributed by atoms with E-state index in [1.165, 1.54) is 29.6 Å². The molecule has 2 aromatic heterocycles. The number of hydrogen-bond donors (Lipinski definition) is 1. The molecule has 0 saturated heterocycles. The molecule has 2 rings (SSSR count). The molecule has 7 heteroatoms. The Morgan fingerprint density at radius 2 is 2.43 bits per heavy atom. The minimum Gasteiger partial charge on any atom is -0.390 e. The Morgan fingerprint density at radius 1 is 1.57 bits per heavy atom. The van der Waals surface area contributed by atoms with Gasteiger partial charge in [0.15, 0.2) is 9.50 Å². The molecule has 5 nitrogen and oxygen atoms in total. The van der Waals surface area contributed by atoms with Gasteiger partial charge in [0.05, 0.1) is 18.5 Å². The van der Waals surface area contributed by atoms with Crippen LogP contribution < -0.4 is 0 Å². The van der Waals surface area contributed by atoms with Crippen molar-refractivity contribution in [1.82, 2.24) is 18.9 Å². The van der Waals surface area contributed by atoms with E-state index in [2.05, 4.69) is 14.3 Å². The Kier molecular flexibility index (Phi) is 2.80. The summed E-state index contributed by atoms with van der Waals surface area (Å²) in [7, 11) is 1.86. The molecule has 0 radical (unpaired) electrons. The minimum absolute atomic E-state index is 0.000178. The van der Waals surface area contributed by atoms with Crippen LogP contribution in [0.5, 0.6) is 0 Å². The van der Waals surface area contributed by atoms with E-state index in [4.69, 9.17) is 5.11 Å². The fraction of sp³-hybridized carbons (Fsp3) is 0.286. The van der Waals surface area contributed by atoms with E-state index in [1.807, 2.05) is 11.6 Å². The third-order valence-electron chi connectivity index (χ3n) is 1.72. The van der Waals surface area contributed by atoms with Crippen molar-refractivity contribution in [3.63, 3.8) is 0 Å². The first kappa shape index (κ1) is 9.63. The van der Waals surface area contributed by atoms with Crippen LogP contribution in [0.25, 0.3) is 0 Å². The highest BCUT2D eigenvalue weighted by Crippen LogP contribution is 2.26. The van der Waals surface area contributed by atoms with Crippen LogP contribution in [0.15, 0.2) is 22.0 Å². The maximum absolute atomic E-state index is 8.96. The lowest BCUT2D eigenvalue weighted by atomic mass is 10.5. The van der Waals surface area contributed by atoms with Crippen LogP contribution in [0.4, 0.5) is 0 Å². The molecule has 0 spiro atoms. The first-order chi connectivity index (χ1) is 6.81. The summed E-state index contributed by atoms with van der Waals surface area (Å²) in [4.78, 5) is 8.21. The number of rotatable bonds is 3. The van der Waals surface area contributed by atoms with Gasteiger partial charge in [-0.15, -0.1) is 0 Å². The lowest BCUT2D eigenvalue weighted by Gasteiger charge is -2.00. The molecule has 0 unspecified atom stereocenters. The van der Waals surface area contributed by atoms with Gasteiger partial charge in [0.25, 0.3) is 0 Å². The molecule has 2 aromatic rings. The lowest BCUT2D eigenvalue weighted by molar-refractivity contribution is 0.271. The topological polar surface area (TPSA) is 63.8 Å². The second kappa shape index (κ2) is 4.07. The predicted molar refractivity (Wildman–Crippen MR) is 53.2 cm³/mol. The summed E-state index contributed by atoms with van der Waals surface area (Å²) in [5.74, 6) is 0. The maximum atomic E-state index is 8.96. The average Bonchev–Trinajstić information content (AvgIpc) is 2.79. The highest BCUT2D eigenvalue weighted by molar-refractivity contribution is 8.00. The summed E-state index contributed by atoms with van der Waals surface area (Å²) in [5, 5.41) is 9.77. The van der Waals surface area contributed by atoms with E-state index < -0.39 is 0 Å². The molecule has 0 atom stereocenters. The summed E-state index contributed by atoms with van der Waals surface area (Å²) >= 11 is 2.77. The van der Waals surface area contributed by atoms with Crippen molar-refractivity contribution >= 4 is 23.3 Å². The van der Waals surface area contributed by atoms with Crippen molar-refractivity contribution in [2.24, 2.45) is 7.05 Å². The molecular formula is C7H8N4OS2. The number of hydrogen-bond acceptors (Lipinski definition) is 6. The minimum atomic E-state index is 0.000178. The Balaban J connectivity index is 2.21. The summed E-state index contributed by atoms with van der Waals surface area (Å²) < 4.78 is 6.59. The van der Waals surface area contributed by atoms with Crippen LogP contribution in [-0.4, -0.2) is 24.0 Å². The monoisotopic (exact) mass is 228 g/mol. The molecule has 0 amide bonds.